The molecule has 2 unspecified atom stereocenters. The second kappa shape index (κ2) is 5.70. The molecule has 0 spiro atoms. The van der Waals surface area contributed by atoms with E-state index in [0.717, 1.165) is 37.7 Å². The summed E-state index contributed by atoms with van der Waals surface area (Å²) in [5.41, 5.74) is -0.270. The van der Waals surface area contributed by atoms with Crippen LogP contribution in [0.25, 0.3) is 0 Å². The van der Waals surface area contributed by atoms with Crippen molar-refractivity contribution in [2.24, 2.45) is 27.6 Å². The highest BCUT2D eigenvalue weighted by atomic mass is 16.5. The highest BCUT2D eigenvalue weighted by Gasteiger charge is 2.71. The molecule has 3 nitrogen and oxygen atoms in total. The van der Waals surface area contributed by atoms with Crippen LogP contribution in [-0.2, 0) is 9.53 Å². The van der Waals surface area contributed by atoms with Gasteiger partial charge in [-0.05, 0) is 55.8 Å². The molecule has 6 atom stereocenters. The minimum atomic E-state index is -0.636. The van der Waals surface area contributed by atoms with Gasteiger partial charge in [-0.2, -0.15) is 0 Å². The van der Waals surface area contributed by atoms with Gasteiger partial charge in [0.15, 0.2) is 0 Å². The number of rotatable bonds is 3. The Bertz CT molecular complexity index is 610. The molecule has 0 aliphatic heterocycles. The minimum absolute atomic E-state index is 0.0729. The molecule has 140 valence electrons. The lowest BCUT2D eigenvalue weighted by Gasteiger charge is -2.68. The first-order valence-corrected chi connectivity index (χ1v) is 9.81. The predicted octanol–water partition coefficient (Wildman–Crippen LogP) is 4.66. The van der Waals surface area contributed by atoms with Crippen LogP contribution in [0.15, 0.2) is 24.8 Å². The number of carbonyl (C=O) groups is 1. The highest BCUT2D eigenvalue weighted by Crippen LogP contribution is 2.74. The maximum absolute atomic E-state index is 13.4. The molecule has 3 heteroatoms. The van der Waals surface area contributed by atoms with Crippen LogP contribution < -0.4 is 0 Å². The Morgan fingerprint density at radius 1 is 1.32 bits per heavy atom. The Kier molecular flexibility index (Phi) is 4.27. The summed E-state index contributed by atoms with van der Waals surface area (Å²) < 4.78 is 5.63. The van der Waals surface area contributed by atoms with Gasteiger partial charge in [0.05, 0.1) is 18.1 Å². The zero-order chi connectivity index (χ0) is 18.7. The normalized spacial score (nSPS) is 49.2. The summed E-state index contributed by atoms with van der Waals surface area (Å²) in [6.45, 7) is 17.5. The van der Waals surface area contributed by atoms with Gasteiger partial charge in [0.25, 0.3) is 0 Å². The molecule has 3 aliphatic rings. The molecular weight excluding hydrogens is 312 g/mol. The third kappa shape index (κ3) is 2.11. The van der Waals surface area contributed by atoms with E-state index >= 15 is 0 Å². The van der Waals surface area contributed by atoms with Crippen molar-refractivity contribution >= 4 is 5.97 Å². The van der Waals surface area contributed by atoms with Crippen molar-refractivity contribution in [2.45, 2.75) is 72.3 Å². The van der Waals surface area contributed by atoms with E-state index in [0.29, 0.717) is 13.0 Å². The van der Waals surface area contributed by atoms with Crippen molar-refractivity contribution < 1.29 is 14.6 Å². The Balaban J connectivity index is 2.22. The molecule has 0 aromatic carbocycles. The molecule has 0 radical (unpaired) electrons. The van der Waals surface area contributed by atoms with Gasteiger partial charge < -0.3 is 9.84 Å². The fraction of sp³-hybridized carbons (Fsp3) is 0.773. The lowest BCUT2D eigenvalue weighted by Crippen LogP contribution is -2.66. The number of aliphatic hydroxyl groups is 1. The first-order chi connectivity index (χ1) is 11.6. The summed E-state index contributed by atoms with van der Waals surface area (Å²) in [4.78, 5) is 13.4. The molecule has 0 saturated heterocycles. The Hall–Kier alpha value is -1.09. The maximum Gasteiger partial charge on any atom is 0.316 e. The largest absolute Gasteiger partial charge is 0.465 e. The van der Waals surface area contributed by atoms with Gasteiger partial charge >= 0.3 is 5.97 Å². The molecule has 3 saturated carbocycles. The molecule has 0 aromatic heterocycles. The Morgan fingerprint density at radius 2 is 2.00 bits per heavy atom. The quantitative estimate of drug-likeness (QED) is 0.597. The zero-order valence-corrected chi connectivity index (χ0v) is 16.4. The average Bonchev–Trinajstić information content (AvgIpc) is 2.57. The molecule has 3 rings (SSSR count). The molecular formula is C22H34O3. The van der Waals surface area contributed by atoms with Crippen molar-refractivity contribution in [3.05, 3.63) is 24.8 Å². The molecule has 2 bridgehead atoms. The van der Waals surface area contributed by atoms with Crippen LogP contribution in [0.4, 0.5) is 0 Å². The van der Waals surface area contributed by atoms with Crippen molar-refractivity contribution in [2.75, 3.05) is 6.61 Å². The molecule has 0 heterocycles. The van der Waals surface area contributed by atoms with Crippen LogP contribution in [-0.4, -0.2) is 23.8 Å². The van der Waals surface area contributed by atoms with E-state index in [1.54, 1.807) is 0 Å². The monoisotopic (exact) mass is 346 g/mol. The third-order valence-corrected chi connectivity index (χ3v) is 8.39. The summed E-state index contributed by atoms with van der Waals surface area (Å²) in [6.07, 6.45) is 6.92. The molecule has 0 amide bonds. The van der Waals surface area contributed by atoms with E-state index in [4.69, 9.17) is 4.74 Å². The highest BCUT2D eigenvalue weighted by molar-refractivity contribution is 5.83. The second-order valence-electron chi connectivity index (χ2n) is 9.32. The smallest absolute Gasteiger partial charge is 0.316 e. The number of aliphatic hydroxyl groups excluding tert-OH is 1. The average molecular weight is 347 g/mol. The van der Waals surface area contributed by atoms with E-state index in [1.165, 1.54) is 0 Å². The summed E-state index contributed by atoms with van der Waals surface area (Å²) in [5.74, 6) is 0.0994. The van der Waals surface area contributed by atoms with Gasteiger partial charge in [-0.15, -0.1) is 6.58 Å². The number of ether oxygens (including phenoxy) is 1. The fourth-order valence-corrected chi connectivity index (χ4v) is 6.65. The number of fused-ring (bicyclic) bond motifs is 4. The van der Waals surface area contributed by atoms with Crippen molar-refractivity contribution in [1.29, 1.82) is 0 Å². The second-order valence-corrected chi connectivity index (χ2v) is 9.32. The van der Waals surface area contributed by atoms with Crippen LogP contribution in [0.3, 0.4) is 0 Å². The van der Waals surface area contributed by atoms with Crippen molar-refractivity contribution in [1.82, 2.24) is 0 Å². The summed E-state index contributed by atoms with van der Waals surface area (Å²) in [7, 11) is 0. The predicted molar refractivity (Wildman–Crippen MR) is 99.9 cm³/mol. The number of esters is 1. The van der Waals surface area contributed by atoms with E-state index in [9.17, 15) is 9.90 Å². The summed E-state index contributed by atoms with van der Waals surface area (Å²) in [6, 6.07) is 0. The number of hydrogen-bond donors (Lipinski definition) is 1. The molecule has 3 aliphatic carbocycles. The topological polar surface area (TPSA) is 46.5 Å². The van der Waals surface area contributed by atoms with Crippen LogP contribution >= 0.6 is 0 Å². The Morgan fingerprint density at radius 3 is 2.60 bits per heavy atom. The summed E-state index contributed by atoms with van der Waals surface area (Å²) >= 11 is 0. The lowest BCUT2D eigenvalue weighted by atomic mass is 9.34. The van der Waals surface area contributed by atoms with Crippen LogP contribution in [0, 0.1) is 27.6 Å². The first-order valence-electron chi connectivity index (χ1n) is 9.81. The lowest BCUT2D eigenvalue weighted by molar-refractivity contribution is -0.202. The van der Waals surface area contributed by atoms with Gasteiger partial charge in [0.1, 0.15) is 0 Å². The number of hydrogen-bond acceptors (Lipinski definition) is 3. The van der Waals surface area contributed by atoms with E-state index in [-0.39, 0.29) is 28.1 Å². The SMILES string of the molecule is C=C[C@]1(C)C(O)CCC2(C)[C@H]1C[C@@]1(C)CCC[C@]2(C(=O)OCC)C1=C. The van der Waals surface area contributed by atoms with Gasteiger partial charge in [-0.25, -0.2) is 0 Å². The summed E-state index contributed by atoms with van der Waals surface area (Å²) in [5, 5.41) is 10.8. The van der Waals surface area contributed by atoms with Crippen molar-refractivity contribution in [3.8, 4) is 0 Å². The van der Waals surface area contributed by atoms with Gasteiger partial charge in [-0.3, -0.25) is 4.79 Å². The van der Waals surface area contributed by atoms with E-state index in [1.807, 2.05) is 13.0 Å². The number of carbonyl (C=O) groups excluding carboxylic acids is 1. The van der Waals surface area contributed by atoms with Crippen LogP contribution in [0.5, 0.6) is 0 Å². The standard InChI is InChI=1S/C22H34O3/c1-7-20(5)16-14-19(4)11-9-12-22(15(19)3,18(24)25-8-2)21(16,6)13-10-17(20)23/h7,16-17,23H,1,3,8-14H2,2,4-6H3/t16-,17?,19+,20-,21?,22+/m0/s1. The third-order valence-electron chi connectivity index (χ3n) is 8.39. The molecule has 25 heavy (non-hydrogen) atoms. The van der Waals surface area contributed by atoms with E-state index in [2.05, 4.69) is 33.9 Å². The zero-order valence-electron chi connectivity index (χ0n) is 16.4. The van der Waals surface area contributed by atoms with Gasteiger partial charge in [0, 0.05) is 5.41 Å². The maximum atomic E-state index is 13.4. The first kappa shape index (κ1) is 18.7. The molecule has 3 fully saturated rings. The minimum Gasteiger partial charge on any atom is -0.465 e. The van der Waals surface area contributed by atoms with Crippen LogP contribution in [0.2, 0.25) is 0 Å². The van der Waals surface area contributed by atoms with Crippen molar-refractivity contribution in [3.63, 3.8) is 0 Å². The van der Waals surface area contributed by atoms with Gasteiger partial charge in [-0.1, -0.05) is 45.4 Å². The molecule has 1 N–H and O–H groups in total. The Labute approximate surface area is 152 Å². The van der Waals surface area contributed by atoms with Gasteiger partial charge in [0.2, 0.25) is 0 Å². The molecule has 0 aromatic rings. The van der Waals surface area contributed by atoms with E-state index < -0.39 is 11.5 Å². The fourth-order valence-electron chi connectivity index (χ4n) is 6.65. The van der Waals surface area contributed by atoms with Crippen LogP contribution in [0.1, 0.15) is 66.2 Å².